The minimum Gasteiger partial charge on any atom is -0.508 e. The quantitative estimate of drug-likeness (QED) is 0.172. The van der Waals surface area contributed by atoms with Crippen molar-refractivity contribution in [1.29, 1.82) is 0 Å². The molecule has 9 N–H and O–H groups in total. The molecule has 0 spiro atoms. The Morgan fingerprint density at radius 3 is 2.25 bits per heavy atom. The monoisotopic (exact) mass is 564 g/mol. The van der Waals surface area contributed by atoms with E-state index in [4.69, 9.17) is 18.6 Å². The van der Waals surface area contributed by atoms with E-state index in [1.54, 1.807) is 0 Å². The topological polar surface area (TPSA) is 240 Å². The fraction of sp³-hybridized carbons (Fsp3) is 0.423. The number of ether oxygens (including phenoxy) is 3. The molecule has 3 heterocycles. The maximum atomic E-state index is 13.1. The molecule has 5 rings (SSSR count). The normalized spacial score (nSPS) is 32.8. The maximum absolute atomic E-state index is 13.1. The van der Waals surface area contributed by atoms with E-state index < -0.39 is 85.3 Å². The number of aliphatic hydroxyl groups excluding tert-OH is 6. The maximum Gasteiger partial charge on any atom is 0.197 e. The van der Waals surface area contributed by atoms with E-state index in [0.29, 0.717) is 5.56 Å². The number of rotatable bonds is 5. The Morgan fingerprint density at radius 1 is 0.875 bits per heavy atom. The zero-order valence-electron chi connectivity index (χ0n) is 20.6. The standard InChI is InChI=1S/C26H28O14/c27-7-16-20(34)21(35)25(40-26-22(36)19(33)14(32)8-37-26)24(39-16)18-12(30)5-11(29)17-13(31)6-15(38-23(17)18)9-1-3-10(28)4-2-9/h1-6,14,16,19-22,24-30,32-36H,7-8H2/t14-,16+,19-,20+,21+,22-,24+,25-,26-/m1/s1. The molecule has 1 aromatic heterocycles. The highest BCUT2D eigenvalue weighted by Crippen LogP contribution is 2.45. The second kappa shape index (κ2) is 10.9. The highest BCUT2D eigenvalue weighted by molar-refractivity contribution is 5.89. The zero-order valence-corrected chi connectivity index (χ0v) is 20.6. The van der Waals surface area contributed by atoms with Gasteiger partial charge in [-0.1, -0.05) is 0 Å². The van der Waals surface area contributed by atoms with E-state index in [1.165, 1.54) is 24.3 Å². The summed E-state index contributed by atoms with van der Waals surface area (Å²) in [5.41, 5.74) is -1.07. The molecule has 0 radical (unpaired) electrons. The lowest BCUT2D eigenvalue weighted by atomic mass is 9.89. The number of phenols is 3. The van der Waals surface area contributed by atoms with E-state index in [-0.39, 0.29) is 28.0 Å². The summed E-state index contributed by atoms with van der Waals surface area (Å²) in [7, 11) is 0. The van der Waals surface area contributed by atoms with Gasteiger partial charge >= 0.3 is 0 Å². The molecule has 0 amide bonds. The molecule has 0 unspecified atom stereocenters. The first-order valence-corrected chi connectivity index (χ1v) is 12.3. The third-order valence-electron chi connectivity index (χ3n) is 7.05. The van der Waals surface area contributed by atoms with Crippen LogP contribution in [0.5, 0.6) is 17.2 Å². The van der Waals surface area contributed by atoms with Crippen LogP contribution in [0, 0.1) is 0 Å². The molecule has 9 atom stereocenters. The van der Waals surface area contributed by atoms with Gasteiger partial charge in [0, 0.05) is 17.7 Å². The minimum absolute atomic E-state index is 0.0283. The molecule has 2 aromatic carbocycles. The van der Waals surface area contributed by atoms with Crippen molar-refractivity contribution in [1.82, 2.24) is 0 Å². The second-order valence-corrected chi connectivity index (χ2v) is 9.66. The smallest absolute Gasteiger partial charge is 0.197 e. The number of fused-ring (bicyclic) bond motifs is 1. The molecule has 2 fully saturated rings. The summed E-state index contributed by atoms with van der Waals surface area (Å²) in [5, 5.41) is 92.2. The summed E-state index contributed by atoms with van der Waals surface area (Å²) in [6.45, 7) is -1.23. The van der Waals surface area contributed by atoms with Crippen LogP contribution >= 0.6 is 0 Å². The molecule has 2 aliphatic heterocycles. The van der Waals surface area contributed by atoms with Gasteiger partial charge in [-0.3, -0.25) is 4.79 Å². The highest BCUT2D eigenvalue weighted by Gasteiger charge is 2.50. The lowest BCUT2D eigenvalue weighted by Gasteiger charge is -2.45. The molecule has 2 saturated heterocycles. The van der Waals surface area contributed by atoms with Crippen molar-refractivity contribution in [2.45, 2.75) is 55.1 Å². The van der Waals surface area contributed by atoms with Crippen LogP contribution in [-0.4, -0.2) is 108 Å². The molecule has 14 nitrogen and oxygen atoms in total. The van der Waals surface area contributed by atoms with Gasteiger partial charge in [0.15, 0.2) is 17.3 Å². The molecule has 0 aliphatic carbocycles. The van der Waals surface area contributed by atoms with Crippen LogP contribution in [0.3, 0.4) is 0 Å². The number of hydrogen-bond acceptors (Lipinski definition) is 14. The van der Waals surface area contributed by atoms with Gasteiger partial charge in [0.25, 0.3) is 0 Å². The van der Waals surface area contributed by atoms with Crippen molar-refractivity contribution >= 4 is 11.0 Å². The fourth-order valence-corrected chi connectivity index (χ4v) is 4.89. The number of benzene rings is 2. The van der Waals surface area contributed by atoms with E-state index >= 15 is 0 Å². The zero-order chi connectivity index (χ0) is 28.9. The number of hydrogen-bond donors (Lipinski definition) is 9. The number of phenolic OH excluding ortho intramolecular Hbond substituents is 3. The Morgan fingerprint density at radius 2 is 1.57 bits per heavy atom. The Hall–Kier alpha value is -3.31. The molecule has 0 bridgehead atoms. The van der Waals surface area contributed by atoms with Gasteiger partial charge in [0.2, 0.25) is 0 Å². The first-order valence-electron chi connectivity index (χ1n) is 12.3. The van der Waals surface area contributed by atoms with Crippen molar-refractivity contribution in [3.05, 3.63) is 52.2 Å². The summed E-state index contributed by atoms with van der Waals surface area (Å²) >= 11 is 0. The molecule has 3 aromatic rings. The summed E-state index contributed by atoms with van der Waals surface area (Å²) in [6.07, 6.45) is -14.8. The summed E-state index contributed by atoms with van der Waals surface area (Å²) in [4.78, 5) is 13.1. The Bertz CT molecular complexity index is 1420. The third kappa shape index (κ3) is 4.89. The van der Waals surface area contributed by atoms with Gasteiger partial charge in [-0.25, -0.2) is 0 Å². The largest absolute Gasteiger partial charge is 0.508 e. The first-order chi connectivity index (χ1) is 19.0. The van der Waals surface area contributed by atoms with Crippen LogP contribution < -0.4 is 5.43 Å². The number of aliphatic hydroxyl groups is 6. The minimum atomic E-state index is -1.84. The fourth-order valence-electron chi connectivity index (χ4n) is 4.89. The van der Waals surface area contributed by atoms with Crippen molar-refractivity contribution < 1.29 is 64.6 Å². The van der Waals surface area contributed by atoms with Crippen molar-refractivity contribution in [3.63, 3.8) is 0 Å². The second-order valence-electron chi connectivity index (χ2n) is 9.66. The van der Waals surface area contributed by atoms with Crippen LogP contribution in [-0.2, 0) is 14.2 Å². The molecule has 14 heteroatoms. The van der Waals surface area contributed by atoms with Gasteiger partial charge < -0.3 is 64.6 Å². The molecular weight excluding hydrogens is 536 g/mol. The predicted octanol–water partition coefficient (Wildman–Crippen LogP) is -1.45. The van der Waals surface area contributed by atoms with Gasteiger partial charge in [0.05, 0.1) is 18.8 Å². The van der Waals surface area contributed by atoms with E-state index in [1.807, 2.05) is 0 Å². The van der Waals surface area contributed by atoms with Crippen LogP contribution in [0.15, 0.2) is 45.6 Å². The Kier molecular flexibility index (Phi) is 7.71. The van der Waals surface area contributed by atoms with E-state index in [2.05, 4.69) is 0 Å². The van der Waals surface area contributed by atoms with Crippen LogP contribution in [0.25, 0.3) is 22.3 Å². The Labute approximate surface area is 225 Å². The summed E-state index contributed by atoms with van der Waals surface area (Å²) in [6, 6.07) is 7.52. The highest BCUT2D eigenvalue weighted by atomic mass is 16.7. The van der Waals surface area contributed by atoms with E-state index in [0.717, 1.165) is 12.1 Å². The van der Waals surface area contributed by atoms with E-state index in [9.17, 15) is 50.8 Å². The molecule has 0 saturated carbocycles. The summed E-state index contributed by atoms with van der Waals surface area (Å²) < 4.78 is 22.7. The third-order valence-corrected chi connectivity index (χ3v) is 7.05. The molecule has 2 aliphatic rings. The van der Waals surface area contributed by atoms with Gasteiger partial charge in [-0.05, 0) is 24.3 Å². The first kappa shape index (κ1) is 28.2. The van der Waals surface area contributed by atoms with Crippen LogP contribution in [0.4, 0.5) is 0 Å². The summed E-state index contributed by atoms with van der Waals surface area (Å²) in [5.74, 6) is -1.39. The van der Waals surface area contributed by atoms with Crippen LogP contribution in [0.2, 0.25) is 0 Å². The van der Waals surface area contributed by atoms with Crippen molar-refractivity contribution in [2.75, 3.05) is 13.2 Å². The Balaban J connectivity index is 1.66. The SMILES string of the molecule is O=c1cc(-c2ccc(O)cc2)oc2c([C@@H]3O[C@@H](CO)[C@H](O)[C@H](O)[C@H]3O[C@H]3OC[C@@H](O)[C@@H](O)[C@H]3O)c(O)cc(O)c12. The molecular formula is C26H28O14. The average Bonchev–Trinajstić information content (AvgIpc) is 2.92. The van der Waals surface area contributed by atoms with Crippen molar-refractivity contribution in [3.8, 4) is 28.6 Å². The number of aromatic hydroxyl groups is 3. The lowest BCUT2D eigenvalue weighted by Crippen LogP contribution is -2.60. The van der Waals surface area contributed by atoms with Crippen molar-refractivity contribution in [2.24, 2.45) is 0 Å². The average molecular weight is 564 g/mol. The molecule has 40 heavy (non-hydrogen) atoms. The molecule has 216 valence electrons. The van der Waals surface area contributed by atoms with Gasteiger partial charge in [0.1, 0.15) is 77.2 Å². The van der Waals surface area contributed by atoms with Gasteiger partial charge in [-0.15, -0.1) is 0 Å². The lowest BCUT2D eigenvalue weighted by molar-refractivity contribution is -0.325. The van der Waals surface area contributed by atoms with Gasteiger partial charge in [-0.2, -0.15) is 0 Å². The predicted molar refractivity (Wildman–Crippen MR) is 132 cm³/mol. The van der Waals surface area contributed by atoms with Crippen LogP contribution in [0.1, 0.15) is 11.7 Å².